The van der Waals surface area contributed by atoms with Gasteiger partial charge in [-0.05, 0) is 50.4 Å². The molecule has 0 bridgehead atoms. The Morgan fingerprint density at radius 2 is 1.94 bits per heavy atom. The number of nitrogens with two attached hydrogens (primary N) is 1. The fourth-order valence-electron chi connectivity index (χ4n) is 4.37. The summed E-state index contributed by atoms with van der Waals surface area (Å²) in [5, 5.41) is 4.50. The summed E-state index contributed by atoms with van der Waals surface area (Å²) in [5.74, 6) is 1.03. The van der Waals surface area contributed by atoms with Gasteiger partial charge in [-0.3, -0.25) is 4.79 Å². The number of piperidine rings is 1. The van der Waals surface area contributed by atoms with Gasteiger partial charge in [0.25, 0.3) is 0 Å². The van der Waals surface area contributed by atoms with Crippen LogP contribution in [0.5, 0.6) is 6.01 Å². The first kappa shape index (κ1) is 23.9. The highest BCUT2D eigenvalue weighted by Crippen LogP contribution is 2.28. The molecule has 1 aliphatic rings. The molecule has 1 amide bonds. The van der Waals surface area contributed by atoms with Crippen LogP contribution in [0.2, 0.25) is 0 Å². The molecule has 2 aromatic heterocycles. The summed E-state index contributed by atoms with van der Waals surface area (Å²) in [4.78, 5) is 24.8. The number of likely N-dealkylation sites (N-methyl/N-ethyl adjacent to an activating group) is 1. The van der Waals surface area contributed by atoms with Gasteiger partial charge in [0.1, 0.15) is 0 Å². The van der Waals surface area contributed by atoms with E-state index < -0.39 is 0 Å². The van der Waals surface area contributed by atoms with Gasteiger partial charge in [-0.2, -0.15) is 4.98 Å². The maximum Gasteiger partial charge on any atom is 0.336 e. The van der Waals surface area contributed by atoms with Gasteiger partial charge in [-0.1, -0.05) is 37.6 Å². The average molecular weight is 466 g/mol. The van der Waals surface area contributed by atoms with E-state index in [-0.39, 0.29) is 11.9 Å². The van der Waals surface area contributed by atoms with E-state index in [9.17, 15) is 4.79 Å². The van der Waals surface area contributed by atoms with Crippen LogP contribution in [-0.4, -0.2) is 75.6 Å². The van der Waals surface area contributed by atoms with Gasteiger partial charge in [0.05, 0.1) is 25.0 Å². The highest BCUT2D eigenvalue weighted by atomic mass is 16.5. The first-order valence-electron chi connectivity index (χ1n) is 12.1. The van der Waals surface area contributed by atoms with E-state index in [0.717, 1.165) is 44.5 Å². The third-order valence-corrected chi connectivity index (χ3v) is 6.30. The lowest BCUT2D eigenvalue weighted by Gasteiger charge is -2.33. The molecule has 0 atom stereocenters. The van der Waals surface area contributed by atoms with Crippen molar-refractivity contribution < 1.29 is 9.53 Å². The molecule has 0 spiro atoms. The Bertz CT molecular complexity index is 1100. The molecule has 9 nitrogen and oxygen atoms in total. The van der Waals surface area contributed by atoms with Crippen molar-refractivity contribution in [2.75, 3.05) is 46.1 Å². The van der Waals surface area contributed by atoms with Crippen molar-refractivity contribution in [3.05, 3.63) is 47.3 Å². The number of hydrogen-bond donors (Lipinski definition) is 1. The summed E-state index contributed by atoms with van der Waals surface area (Å²) in [6, 6.07) is 9.04. The van der Waals surface area contributed by atoms with E-state index in [2.05, 4.69) is 46.3 Å². The molecule has 0 radical (unpaired) electrons. The van der Waals surface area contributed by atoms with E-state index in [0.29, 0.717) is 37.0 Å². The van der Waals surface area contributed by atoms with Crippen LogP contribution in [0.3, 0.4) is 0 Å². The summed E-state index contributed by atoms with van der Waals surface area (Å²) in [7, 11) is 3.86. The van der Waals surface area contributed by atoms with Crippen molar-refractivity contribution in [2.45, 2.75) is 44.9 Å². The van der Waals surface area contributed by atoms with E-state index in [1.54, 1.807) is 10.7 Å². The van der Waals surface area contributed by atoms with Gasteiger partial charge >= 0.3 is 6.01 Å². The van der Waals surface area contributed by atoms with Crippen molar-refractivity contribution in [2.24, 2.45) is 0 Å². The summed E-state index contributed by atoms with van der Waals surface area (Å²) in [6.07, 6.45) is 6.47. The zero-order chi connectivity index (χ0) is 24.1. The first-order valence-corrected chi connectivity index (χ1v) is 12.1. The normalized spacial score (nSPS) is 14.8. The molecule has 0 unspecified atom stereocenters. The number of nitrogens with zero attached hydrogens (tertiary/aromatic N) is 6. The number of anilines is 1. The Kier molecular flexibility index (Phi) is 7.62. The average Bonchev–Trinajstić information content (AvgIpc) is 3.22. The Morgan fingerprint density at radius 1 is 1.21 bits per heavy atom. The molecule has 1 fully saturated rings. The number of imidazole rings is 1. The molecule has 3 aromatic rings. The number of fused-ring (bicyclic) bond motifs is 1. The number of benzene rings is 1. The van der Waals surface area contributed by atoms with Gasteiger partial charge in [-0.25, -0.2) is 9.50 Å². The smallest absolute Gasteiger partial charge is 0.336 e. The quantitative estimate of drug-likeness (QED) is 0.485. The molecule has 2 N–H and O–H groups in total. The molecule has 0 saturated carbocycles. The van der Waals surface area contributed by atoms with Crippen LogP contribution in [-0.2, 0) is 11.2 Å². The van der Waals surface area contributed by atoms with Crippen LogP contribution in [0.15, 0.2) is 30.5 Å². The van der Waals surface area contributed by atoms with Gasteiger partial charge in [-0.15, -0.1) is 5.10 Å². The number of rotatable bonds is 9. The lowest BCUT2D eigenvalue weighted by molar-refractivity contribution is -0.132. The fourth-order valence-corrected chi connectivity index (χ4v) is 4.37. The van der Waals surface area contributed by atoms with Crippen LogP contribution in [0, 0.1) is 0 Å². The maximum atomic E-state index is 12.3. The molecule has 9 heteroatoms. The molecule has 4 rings (SSSR count). The topological polar surface area (TPSA) is 102 Å². The number of unbranched alkanes of at least 4 members (excludes halogenated alkanes) is 1. The van der Waals surface area contributed by atoms with Crippen molar-refractivity contribution in [3.8, 4) is 6.01 Å². The number of nitrogen functional groups attached to an aromatic ring is 1. The monoisotopic (exact) mass is 465 g/mol. The van der Waals surface area contributed by atoms with Crippen molar-refractivity contribution in [1.29, 1.82) is 0 Å². The zero-order valence-corrected chi connectivity index (χ0v) is 20.4. The van der Waals surface area contributed by atoms with E-state index in [1.165, 1.54) is 11.1 Å². The second-order valence-electron chi connectivity index (χ2n) is 9.28. The summed E-state index contributed by atoms with van der Waals surface area (Å²) in [6.45, 7) is 4.80. The highest BCUT2D eigenvalue weighted by molar-refractivity contribution is 5.78. The Labute approximate surface area is 200 Å². The molecule has 3 heterocycles. The predicted molar refractivity (Wildman–Crippen MR) is 132 cm³/mol. The van der Waals surface area contributed by atoms with Gasteiger partial charge in [0.15, 0.2) is 11.5 Å². The highest BCUT2D eigenvalue weighted by Gasteiger charge is 2.24. The molecule has 0 aliphatic carbocycles. The van der Waals surface area contributed by atoms with Crippen LogP contribution in [0.1, 0.15) is 55.3 Å². The number of likely N-dealkylation sites (tertiary alicyclic amines) is 1. The Morgan fingerprint density at radius 3 is 2.62 bits per heavy atom. The van der Waals surface area contributed by atoms with Crippen molar-refractivity contribution in [3.63, 3.8) is 0 Å². The third kappa shape index (κ3) is 5.64. The van der Waals surface area contributed by atoms with Crippen LogP contribution < -0.4 is 10.5 Å². The molecular weight excluding hydrogens is 430 g/mol. The lowest BCUT2D eigenvalue weighted by Crippen LogP contribution is -2.42. The van der Waals surface area contributed by atoms with E-state index in [1.807, 2.05) is 23.9 Å². The SMILES string of the molecule is CCCCOc1nc(N)c2ncc(Cc3ccc(C4CCN(C(=O)CN(C)C)CC4)cc3)n2n1. The van der Waals surface area contributed by atoms with Crippen LogP contribution >= 0.6 is 0 Å². The minimum atomic E-state index is 0.218. The van der Waals surface area contributed by atoms with Crippen LogP contribution in [0.25, 0.3) is 5.65 Å². The van der Waals surface area contributed by atoms with E-state index in [4.69, 9.17) is 10.5 Å². The number of hydrogen-bond acceptors (Lipinski definition) is 7. The first-order chi connectivity index (χ1) is 16.4. The standard InChI is InChI=1S/C25H35N7O2/c1-4-5-14-34-25-28-23(26)24-27-16-21(32(24)29-25)15-18-6-8-19(9-7-18)20-10-12-31(13-11-20)22(33)17-30(2)3/h6-9,16,20H,4-5,10-15,17H2,1-3H3,(H2,26,28,29). The Balaban J connectivity index is 1.40. The number of ether oxygens (including phenoxy) is 1. The number of carbonyl (C=O) groups excluding carboxylic acids is 1. The van der Waals surface area contributed by atoms with Gasteiger partial charge in [0.2, 0.25) is 5.91 Å². The minimum Gasteiger partial charge on any atom is -0.462 e. The molecule has 34 heavy (non-hydrogen) atoms. The van der Waals surface area contributed by atoms with Gasteiger partial charge < -0.3 is 20.3 Å². The minimum absolute atomic E-state index is 0.218. The second kappa shape index (κ2) is 10.8. The molecule has 1 aromatic carbocycles. The fraction of sp³-hybridized carbons (Fsp3) is 0.520. The number of aromatic nitrogens is 4. The second-order valence-corrected chi connectivity index (χ2v) is 9.28. The number of carbonyl (C=O) groups is 1. The summed E-state index contributed by atoms with van der Waals surface area (Å²) in [5.41, 5.74) is 10.1. The lowest BCUT2D eigenvalue weighted by atomic mass is 9.88. The zero-order valence-electron chi connectivity index (χ0n) is 20.4. The maximum absolute atomic E-state index is 12.3. The van der Waals surface area contributed by atoms with Crippen molar-refractivity contribution in [1.82, 2.24) is 29.4 Å². The van der Waals surface area contributed by atoms with Gasteiger partial charge in [0, 0.05) is 19.5 Å². The molecule has 1 aliphatic heterocycles. The largest absolute Gasteiger partial charge is 0.462 e. The molecule has 182 valence electrons. The number of amides is 1. The predicted octanol–water partition coefficient (Wildman–Crippen LogP) is 2.74. The molecule has 1 saturated heterocycles. The summed E-state index contributed by atoms with van der Waals surface area (Å²) < 4.78 is 7.39. The third-order valence-electron chi connectivity index (χ3n) is 6.30. The van der Waals surface area contributed by atoms with E-state index >= 15 is 0 Å². The van der Waals surface area contributed by atoms with Crippen molar-refractivity contribution >= 4 is 17.4 Å². The molecular formula is C25H35N7O2. The summed E-state index contributed by atoms with van der Waals surface area (Å²) >= 11 is 0. The Hall–Kier alpha value is -3.20. The van der Waals surface area contributed by atoms with Crippen LogP contribution in [0.4, 0.5) is 5.82 Å².